The van der Waals surface area contributed by atoms with E-state index < -0.39 is 0 Å². The van der Waals surface area contributed by atoms with Gasteiger partial charge < -0.3 is 23.9 Å². The highest BCUT2D eigenvalue weighted by atomic mass is 16.5. The minimum absolute atomic E-state index is 0.0278. The lowest BCUT2D eigenvalue weighted by atomic mass is 10.2. The van der Waals surface area contributed by atoms with Crippen molar-refractivity contribution in [3.05, 3.63) is 47.7 Å². The van der Waals surface area contributed by atoms with Crippen LogP contribution in [-0.4, -0.2) is 48.1 Å². The van der Waals surface area contributed by atoms with Crippen LogP contribution in [0.25, 0.3) is 0 Å². The molecule has 0 atom stereocenters. The Kier molecular flexibility index (Phi) is 8.99. The van der Waals surface area contributed by atoms with Crippen molar-refractivity contribution in [1.29, 1.82) is 0 Å². The van der Waals surface area contributed by atoms with Crippen LogP contribution in [-0.2, 0) is 22.6 Å². The molecule has 160 valence electrons. The first-order valence-electron chi connectivity index (χ1n) is 10.2. The topological polar surface area (TPSA) is 76.7 Å². The first-order valence-corrected chi connectivity index (χ1v) is 10.2. The Morgan fingerprint density at radius 3 is 2.76 bits per heavy atom. The molecule has 7 heteroatoms. The molecule has 0 saturated carbocycles. The number of hydrogen-bond donors (Lipinski definition) is 1. The summed E-state index contributed by atoms with van der Waals surface area (Å²) in [6, 6.07) is 7.49. The lowest BCUT2D eigenvalue weighted by Crippen LogP contribution is -2.35. The molecule has 7 nitrogen and oxygen atoms in total. The van der Waals surface area contributed by atoms with E-state index in [0.717, 1.165) is 25.1 Å². The van der Waals surface area contributed by atoms with Gasteiger partial charge in [-0.05, 0) is 37.1 Å². The highest BCUT2D eigenvalue weighted by molar-refractivity contribution is 5.91. The van der Waals surface area contributed by atoms with Crippen molar-refractivity contribution in [2.75, 3.05) is 26.8 Å². The molecule has 29 heavy (non-hydrogen) atoms. The van der Waals surface area contributed by atoms with Crippen LogP contribution < -0.4 is 5.32 Å². The van der Waals surface area contributed by atoms with Gasteiger partial charge in [-0.15, -0.1) is 0 Å². The van der Waals surface area contributed by atoms with Crippen LogP contribution in [0, 0.1) is 5.92 Å². The van der Waals surface area contributed by atoms with Crippen LogP contribution in [0.15, 0.2) is 34.9 Å². The monoisotopic (exact) mass is 403 g/mol. The van der Waals surface area contributed by atoms with Crippen molar-refractivity contribution in [2.45, 2.75) is 46.7 Å². The van der Waals surface area contributed by atoms with Crippen molar-refractivity contribution in [3.63, 3.8) is 0 Å². The van der Waals surface area contributed by atoms with Crippen molar-refractivity contribution in [1.82, 2.24) is 14.8 Å². The zero-order valence-electron chi connectivity index (χ0n) is 17.9. The first kappa shape index (κ1) is 22.7. The Bertz CT molecular complexity index is 779. The largest absolute Gasteiger partial charge is 0.454 e. The van der Waals surface area contributed by atoms with Crippen LogP contribution in [0.1, 0.15) is 55.6 Å². The molecule has 2 heterocycles. The van der Waals surface area contributed by atoms with E-state index in [9.17, 15) is 9.59 Å². The van der Waals surface area contributed by atoms with Crippen molar-refractivity contribution in [3.8, 4) is 0 Å². The number of carbonyl (C=O) groups excluding carboxylic acids is 2. The number of hydrogen-bond acceptors (Lipinski definition) is 4. The summed E-state index contributed by atoms with van der Waals surface area (Å²) >= 11 is 0. The van der Waals surface area contributed by atoms with Crippen LogP contribution in [0.3, 0.4) is 0 Å². The van der Waals surface area contributed by atoms with Crippen LogP contribution >= 0.6 is 0 Å². The molecule has 2 rings (SSSR count). The summed E-state index contributed by atoms with van der Waals surface area (Å²) in [7, 11) is 1.64. The average Bonchev–Trinajstić information content (AvgIpc) is 3.34. The molecule has 2 aromatic heterocycles. The van der Waals surface area contributed by atoms with Crippen molar-refractivity contribution in [2.24, 2.45) is 5.92 Å². The van der Waals surface area contributed by atoms with Gasteiger partial charge in [0.15, 0.2) is 5.76 Å². The molecule has 0 aliphatic rings. The van der Waals surface area contributed by atoms with Gasteiger partial charge in [0.25, 0.3) is 5.91 Å². The van der Waals surface area contributed by atoms with E-state index >= 15 is 0 Å². The molecule has 0 spiro atoms. The fourth-order valence-corrected chi connectivity index (χ4v) is 3.10. The first-order chi connectivity index (χ1) is 14.0. The minimum atomic E-state index is -0.225. The second-order valence-corrected chi connectivity index (χ2v) is 7.41. The van der Waals surface area contributed by atoms with Gasteiger partial charge in [-0.25, -0.2) is 0 Å². The molecular formula is C22H33N3O4. The number of ether oxygens (including phenoxy) is 1. The Labute approximate surface area is 173 Å². The Morgan fingerprint density at radius 2 is 2.07 bits per heavy atom. The van der Waals surface area contributed by atoms with E-state index in [1.54, 1.807) is 13.2 Å². The van der Waals surface area contributed by atoms with Crippen molar-refractivity contribution < 1.29 is 18.7 Å². The highest BCUT2D eigenvalue weighted by Gasteiger charge is 2.18. The molecule has 2 amide bonds. The predicted octanol–water partition coefficient (Wildman–Crippen LogP) is 3.29. The van der Waals surface area contributed by atoms with Gasteiger partial charge in [-0.1, -0.05) is 20.8 Å². The van der Waals surface area contributed by atoms with Gasteiger partial charge in [0, 0.05) is 44.6 Å². The number of nitrogens with one attached hydrogen (secondary N) is 1. The second-order valence-electron chi connectivity index (χ2n) is 7.41. The summed E-state index contributed by atoms with van der Waals surface area (Å²) in [6.07, 6.45) is 3.64. The molecule has 0 aliphatic carbocycles. The van der Waals surface area contributed by atoms with Gasteiger partial charge in [-0.3, -0.25) is 9.59 Å². The van der Waals surface area contributed by atoms with E-state index in [0.29, 0.717) is 37.8 Å². The predicted molar refractivity (Wildman–Crippen MR) is 112 cm³/mol. The van der Waals surface area contributed by atoms with Gasteiger partial charge in [0.1, 0.15) is 5.76 Å². The van der Waals surface area contributed by atoms with E-state index in [1.807, 2.05) is 43.1 Å². The van der Waals surface area contributed by atoms with E-state index in [1.165, 1.54) is 0 Å². The molecule has 0 aliphatic heterocycles. The summed E-state index contributed by atoms with van der Waals surface area (Å²) in [5.41, 5.74) is 1.04. The summed E-state index contributed by atoms with van der Waals surface area (Å²) < 4.78 is 12.7. The normalized spacial score (nSPS) is 11.1. The fraction of sp³-hybridized carbons (Fsp3) is 0.545. The van der Waals surface area contributed by atoms with Gasteiger partial charge in [-0.2, -0.15) is 0 Å². The third-order valence-electron chi connectivity index (χ3n) is 4.60. The molecule has 0 radical (unpaired) electrons. The number of amides is 2. The van der Waals surface area contributed by atoms with Crippen LogP contribution in [0.4, 0.5) is 0 Å². The minimum Gasteiger partial charge on any atom is -0.454 e. The van der Waals surface area contributed by atoms with Crippen LogP contribution in [0.2, 0.25) is 0 Å². The van der Waals surface area contributed by atoms with Gasteiger partial charge >= 0.3 is 0 Å². The Hall–Kier alpha value is -2.54. The summed E-state index contributed by atoms with van der Waals surface area (Å²) in [6.45, 7) is 8.88. The maximum Gasteiger partial charge on any atom is 0.286 e. The lowest BCUT2D eigenvalue weighted by molar-refractivity contribution is -0.135. The van der Waals surface area contributed by atoms with Crippen molar-refractivity contribution >= 4 is 11.8 Å². The number of furan rings is 1. The maximum atomic E-state index is 12.5. The second kappa shape index (κ2) is 11.5. The number of aromatic nitrogens is 1. The standard InChI is InChI=1S/C22H33N3O4/c1-5-12-25(22(27)17(2)3)15-18-8-6-13-24(18)16-19-9-10-20(29-19)21(26)23-11-7-14-28-4/h6,8-10,13,17H,5,7,11-12,14-16H2,1-4H3,(H,23,26). The molecule has 0 aromatic carbocycles. The quantitative estimate of drug-likeness (QED) is 0.552. The molecule has 0 saturated heterocycles. The van der Waals surface area contributed by atoms with Gasteiger partial charge in [0.2, 0.25) is 5.91 Å². The number of rotatable bonds is 12. The third kappa shape index (κ3) is 6.78. The Morgan fingerprint density at radius 1 is 1.28 bits per heavy atom. The zero-order valence-corrected chi connectivity index (χ0v) is 17.9. The Balaban J connectivity index is 2.00. The summed E-state index contributed by atoms with van der Waals surface area (Å²) in [5, 5.41) is 2.82. The SMILES string of the molecule is CCCN(Cc1cccn1Cc1ccc(C(=O)NCCCOC)o1)C(=O)C(C)C. The lowest BCUT2D eigenvalue weighted by Gasteiger charge is -2.24. The summed E-state index contributed by atoms with van der Waals surface area (Å²) in [5.74, 6) is 0.900. The van der Waals surface area contributed by atoms with Crippen LogP contribution in [0.5, 0.6) is 0 Å². The molecule has 0 unspecified atom stereocenters. The molecule has 2 aromatic rings. The molecular weight excluding hydrogens is 370 g/mol. The highest BCUT2D eigenvalue weighted by Crippen LogP contribution is 2.15. The number of carbonyl (C=O) groups is 2. The number of methoxy groups -OCH3 is 1. The average molecular weight is 404 g/mol. The van der Waals surface area contributed by atoms with Gasteiger partial charge in [0.05, 0.1) is 13.1 Å². The number of nitrogens with zero attached hydrogens (tertiary/aromatic N) is 2. The third-order valence-corrected chi connectivity index (χ3v) is 4.60. The summed E-state index contributed by atoms with van der Waals surface area (Å²) in [4.78, 5) is 26.5. The van der Waals surface area contributed by atoms with E-state index in [-0.39, 0.29) is 17.7 Å². The molecule has 0 bridgehead atoms. The maximum absolute atomic E-state index is 12.5. The van der Waals surface area contributed by atoms with E-state index in [4.69, 9.17) is 9.15 Å². The van der Waals surface area contributed by atoms with E-state index in [2.05, 4.69) is 16.8 Å². The molecule has 1 N–H and O–H groups in total. The fourth-order valence-electron chi connectivity index (χ4n) is 3.10. The zero-order chi connectivity index (χ0) is 21.2. The smallest absolute Gasteiger partial charge is 0.286 e. The molecule has 0 fully saturated rings.